The van der Waals surface area contributed by atoms with E-state index >= 15 is 0 Å². The van der Waals surface area contributed by atoms with Crippen LogP contribution in [-0.4, -0.2) is 42.0 Å². The van der Waals surface area contributed by atoms with Gasteiger partial charge in [-0.25, -0.2) is 0 Å². The van der Waals surface area contributed by atoms with Crippen LogP contribution in [0.15, 0.2) is 42.1 Å². The van der Waals surface area contributed by atoms with Crippen LogP contribution in [-0.2, 0) is 11.2 Å². The molecular formula is C18H23N3O. The molecule has 0 atom stereocenters. The summed E-state index contributed by atoms with van der Waals surface area (Å²) in [7, 11) is 0. The zero-order valence-corrected chi connectivity index (χ0v) is 13.1. The number of nitrogens with zero attached hydrogens (tertiary/aromatic N) is 1. The lowest BCUT2D eigenvalue weighted by Gasteiger charge is -2.27. The lowest BCUT2D eigenvalue weighted by Crippen LogP contribution is -2.35. The van der Waals surface area contributed by atoms with Crippen LogP contribution >= 0.6 is 0 Å². The molecule has 1 aromatic carbocycles. The molecule has 0 spiro atoms. The van der Waals surface area contributed by atoms with Crippen molar-refractivity contribution in [2.75, 3.05) is 26.2 Å². The van der Waals surface area contributed by atoms with Crippen LogP contribution in [0.3, 0.4) is 0 Å². The van der Waals surface area contributed by atoms with E-state index in [1.165, 1.54) is 22.0 Å². The first-order valence-corrected chi connectivity index (χ1v) is 7.92. The number of aromatic amines is 1. The Kier molecular flexibility index (Phi) is 4.59. The standard InChI is InChI=1S/C18H23N3O/c1-14(22)19-11-15-5-4-9-21(13-15)10-8-16-12-20-18-7-3-2-6-17(16)18/h2-3,5-7,12,20H,4,8-11,13H2,1H3,(H,19,22). The van der Waals surface area contributed by atoms with Crippen molar-refractivity contribution in [3.05, 3.63) is 47.7 Å². The highest BCUT2D eigenvalue weighted by Crippen LogP contribution is 2.19. The molecule has 2 N–H and O–H groups in total. The van der Waals surface area contributed by atoms with Crippen molar-refractivity contribution < 1.29 is 4.79 Å². The van der Waals surface area contributed by atoms with Gasteiger partial charge in [-0.1, -0.05) is 24.3 Å². The molecule has 116 valence electrons. The molecule has 0 saturated heterocycles. The predicted molar refractivity (Wildman–Crippen MR) is 89.8 cm³/mol. The van der Waals surface area contributed by atoms with Crippen molar-refractivity contribution in [2.24, 2.45) is 0 Å². The molecule has 1 aliphatic heterocycles. The van der Waals surface area contributed by atoms with Crippen molar-refractivity contribution in [1.82, 2.24) is 15.2 Å². The lowest BCUT2D eigenvalue weighted by molar-refractivity contribution is -0.118. The fourth-order valence-corrected chi connectivity index (χ4v) is 3.06. The van der Waals surface area contributed by atoms with Crippen LogP contribution < -0.4 is 5.32 Å². The number of hydrogen-bond donors (Lipinski definition) is 2. The number of para-hydroxylation sites is 1. The third kappa shape index (κ3) is 3.57. The van der Waals surface area contributed by atoms with Gasteiger partial charge in [-0.3, -0.25) is 9.69 Å². The topological polar surface area (TPSA) is 48.1 Å². The molecule has 0 fully saturated rings. The van der Waals surface area contributed by atoms with Gasteiger partial charge in [0.25, 0.3) is 0 Å². The molecule has 1 aliphatic rings. The van der Waals surface area contributed by atoms with E-state index in [9.17, 15) is 4.79 Å². The first-order valence-electron chi connectivity index (χ1n) is 7.92. The number of nitrogens with one attached hydrogen (secondary N) is 2. The zero-order valence-electron chi connectivity index (χ0n) is 13.1. The Balaban J connectivity index is 1.56. The average molecular weight is 297 g/mol. The highest BCUT2D eigenvalue weighted by Gasteiger charge is 2.13. The number of fused-ring (bicyclic) bond motifs is 1. The van der Waals surface area contributed by atoms with Crippen LogP contribution in [0.5, 0.6) is 0 Å². The SMILES string of the molecule is CC(=O)NCC1=CCCN(CCc2c[nH]c3ccccc23)C1. The number of hydrogen-bond acceptors (Lipinski definition) is 2. The molecule has 3 rings (SSSR count). The highest BCUT2D eigenvalue weighted by molar-refractivity contribution is 5.83. The maximum Gasteiger partial charge on any atom is 0.217 e. The van der Waals surface area contributed by atoms with Gasteiger partial charge in [-0.2, -0.15) is 0 Å². The second-order valence-corrected chi connectivity index (χ2v) is 5.95. The molecule has 0 bridgehead atoms. The van der Waals surface area contributed by atoms with Crippen LogP contribution in [0.1, 0.15) is 18.9 Å². The van der Waals surface area contributed by atoms with E-state index in [1.807, 2.05) is 0 Å². The minimum atomic E-state index is 0.0387. The largest absolute Gasteiger partial charge is 0.361 e. The summed E-state index contributed by atoms with van der Waals surface area (Å²) >= 11 is 0. The van der Waals surface area contributed by atoms with E-state index < -0.39 is 0 Å². The third-order valence-corrected chi connectivity index (χ3v) is 4.24. The van der Waals surface area contributed by atoms with E-state index in [0.29, 0.717) is 6.54 Å². The van der Waals surface area contributed by atoms with E-state index in [0.717, 1.165) is 32.5 Å². The Labute approximate surface area is 131 Å². The summed E-state index contributed by atoms with van der Waals surface area (Å²) in [6.07, 6.45) is 6.51. The zero-order chi connectivity index (χ0) is 15.4. The number of aromatic nitrogens is 1. The lowest BCUT2D eigenvalue weighted by atomic mass is 10.1. The van der Waals surface area contributed by atoms with E-state index in [-0.39, 0.29) is 5.91 Å². The van der Waals surface area contributed by atoms with Gasteiger partial charge in [-0.05, 0) is 30.0 Å². The number of carbonyl (C=O) groups excluding carboxylic acids is 1. The maximum absolute atomic E-state index is 11.0. The quantitative estimate of drug-likeness (QED) is 0.833. The summed E-state index contributed by atoms with van der Waals surface area (Å²) in [5.74, 6) is 0.0387. The van der Waals surface area contributed by atoms with Gasteiger partial charge in [0.15, 0.2) is 0 Å². The van der Waals surface area contributed by atoms with E-state index in [2.05, 4.69) is 51.7 Å². The Bertz CT molecular complexity index is 686. The molecule has 22 heavy (non-hydrogen) atoms. The second-order valence-electron chi connectivity index (χ2n) is 5.95. The fourth-order valence-electron chi connectivity index (χ4n) is 3.06. The van der Waals surface area contributed by atoms with Gasteiger partial charge in [0.05, 0.1) is 0 Å². The van der Waals surface area contributed by atoms with Crippen LogP contribution in [0, 0.1) is 0 Å². The Morgan fingerprint density at radius 1 is 1.36 bits per heavy atom. The van der Waals surface area contributed by atoms with E-state index in [1.54, 1.807) is 6.92 Å². The number of amides is 1. The summed E-state index contributed by atoms with van der Waals surface area (Å²) in [6, 6.07) is 8.45. The smallest absolute Gasteiger partial charge is 0.217 e. The van der Waals surface area contributed by atoms with Gasteiger partial charge in [0.1, 0.15) is 0 Å². The Hall–Kier alpha value is -2.07. The normalized spacial score (nSPS) is 15.8. The van der Waals surface area contributed by atoms with Crippen LogP contribution in [0.4, 0.5) is 0 Å². The molecule has 0 radical (unpaired) electrons. The second kappa shape index (κ2) is 6.79. The van der Waals surface area contributed by atoms with Crippen LogP contribution in [0.2, 0.25) is 0 Å². The predicted octanol–water partition coefficient (Wildman–Crippen LogP) is 2.48. The van der Waals surface area contributed by atoms with Gasteiger partial charge < -0.3 is 10.3 Å². The van der Waals surface area contributed by atoms with Gasteiger partial charge in [0.2, 0.25) is 5.91 Å². The molecule has 1 aromatic heterocycles. The molecule has 0 unspecified atom stereocenters. The third-order valence-electron chi connectivity index (χ3n) is 4.24. The van der Waals surface area contributed by atoms with E-state index in [4.69, 9.17) is 0 Å². The minimum Gasteiger partial charge on any atom is -0.361 e. The fraction of sp³-hybridized carbons (Fsp3) is 0.389. The summed E-state index contributed by atoms with van der Waals surface area (Å²) in [5.41, 5.74) is 3.91. The summed E-state index contributed by atoms with van der Waals surface area (Å²) in [5, 5.41) is 4.22. The molecule has 4 heteroatoms. The van der Waals surface area contributed by atoms with Gasteiger partial charge >= 0.3 is 0 Å². The summed E-state index contributed by atoms with van der Waals surface area (Å²) in [6.45, 7) is 5.37. The molecule has 0 aliphatic carbocycles. The molecule has 4 nitrogen and oxygen atoms in total. The molecule has 1 amide bonds. The Morgan fingerprint density at radius 3 is 3.09 bits per heavy atom. The van der Waals surface area contributed by atoms with Crippen molar-refractivity contribution in [2.45, 2.75) is 19.8 Å². The van der Waals surface area contributed by atoms with Crippen molar-refractivity contribution >= 4 is 16.8 Å². The summed E-state index contributed by atoms with van der Waals surface area (Å²) < 4.78 is 0. The summed E-state index contributed by atoms with van der Waals surface area (Å²) in [4.78, 5) is 16.8. The number of rotatable bonds is 5. The monoisotopic (exact) mass is 297 g/mol. The first-order chi connectivity index (χ1) is 10.7. The van der Waals surface area contributed by atoms with Crippen molar-refractivity contribution in [3.63, 3.8) is 0 Å². The number of benzene rings is 1. The molecule has 0 saturated carbocycles. The molecular weight excluding hydrogens is 274 g/mol. The number of H-pyrrole nitrogens is 1. The molecule has 2 aromatic rings. The average Bonchev–Trinajstić information content (AvgIpc) is 2.95. The Morgan fingerprint density at radius 2 is 2.23 bits per heavy atom. The molecule has 2 heterocycles. The van der Waals surface area contributed by atoms with Gasteiger partial charge in [-0.15, -0.1) is 0 Å². The maximum atomic E-state index is 11.0. The highest BCUT2D eigenvalue weighted by atomic mass is 16.1. The van der Waals surface area contributed by atoms with Gasteiger partial charge in [0, 0.05) is 50.2 Å². The van der Waals surface area contributed by atoms with Crippen molar-refractivity contribution in [1.29, 1.82) is 0 Å². The van der Waals surface area contributed by atoms with Crippen molar-refractivity contribution in [3.8, 4) is 0 Å². The number of carbonyl (C=O) groups is 1. The first kappa shape index (κ1) is 14.9. The minimum absolute atomic E-state index is 0.0387. The van der Waals surface area contributed by atoms with Crippen LogP contribution in [0.25, 0.3) is 10.9 Å².